The second-order valence-electron chi connectivity index (χ2n) is 4.47. The summed E-state index contributed by atoms with van der Waals surface area (Å²) in [5.74, 6) is -0.791. The van der Waals surface area contributed by atoms with E-state index in [1.165, 1.54) is 12.1 Å². The Kier molecular flexibility index (Phi) is 3.94. The van der Waals surface area contributed by atoms with Crippen molar-refractivity contribution in [3.8, 4) is 0 Å². The molecule has 1 fully saturated rings. The molecule has 1 aliphatic rings. The van der Waals surface area contributed by atoms with E-state index in [4.69, 9.17) is 0 Å². The summed E-state index contributed by atoms with van der Waals surface area (Å²) < 4.78 is 24.9. The molecule has 1 aromatic rings. The topological polar surface area (TPSA) is 113 Å². The van der Waals surface area contributed by atoms with Crippen LogP contribution in [0.1, 0.15) is 6.92 Å². The lowest BCUT2D eigenvalue weighted by molar-refractivity contribution is -0.130. The third kappa shape index (κ3) is 3.57. The fraction of sp³-hybridized carbons (Fsp3) is 0.250. The minimum absolute atomic E-state index is 0.0459. The van der Waals surface area contributed by atoms with Crippen LogP contribution < -0.4 is 14.9 Å². The fourth-order valence-electron chi connectivity index (χ4n) is 1.79. The van der Waals surface area contributed by atoms with Crippen LogP contribution >= 0.6 is 0 Å². The second-order valence-corrected chi connectivity index (χ2v) is 6.26. The van der Waals surface area contributed by atoms with Gasteiger partial charge >= 0.3 is 0 Å². The summed E-state index contributed by atoms with van der Waals surface area (Å²) in [5, 5.41) is 1.20. The molecule has 0 bridgehead atoms. The molecule has 1 aromatic carbocycles. The first-order valence-electron chi connectivity index (χ1n) is 5.99. The zero-order valence-corrected chi connectivity index (χ0v) is 11.9. The van der Waals surface area contributed by atoms with Crippen molar-refractivity contribution in [2.75, 3.05) is 22.7 Å². The quantitative estimate of drug-likeness (QED) is 0.723. The maximum Gasteiger partial charge on any atom is 0.295 e. The number of anilines is 2. The number of amides is 2. The predicted octanol–water partition coefficient (Wildman–Crippen LogP) is -0.562. The SMILES string of the molecule is CC(=O)S(=O)(=O)Nc1ccc(N2CC(=O)NC(=O)C2)cc1. The highest BCUT2D eigenvalue weighted by Crippen LogP contribution is 2.19. The van der Waals surface area contributed by atoms with Crippen molar-refractivity contribution in [1.29, 1.82) is 0 Å². The number of hydrogen-bond acceptors (Lipinski definition) is 6. The lowest BCUT2D eigenvalue weighted by Gasteiger charge is -2.27. The van der Waals surface area contributed by atoms with E-state index in [1.807, 2.05) is 0 Å². The lowest BCUT2D eigenvalue weighted by atomic mass is 10.2. The number of nitrogens with zero attached hydrogens (tertiary/aromatic N) is 1. The molecule has 8 nitrogen and oxygen atoms in total. The fourth-order valence-corrected chi connectivity index (χ4v) is 2.38. The van der Waals surface area contributed by atoms with Gasteiger partial charge in [-0.3, -0.25) is 24.4 Å². The molecule has 1 heterocycles. The van der Waals surface area contributed by atoms with Crippen molar-refractivity contribution in [2.45, 2.75) is 6.92 Å². The Morgan fingerprint density at radius 2 is 1.67 bits per heavy atom. The number of hydrogen-bond donors (Lipinski definition) is 2. The Morgan fingerprint density at radius 1 is 1.14 bits per heavy atom. The summed E-state index contributed by atoms with van der Waals surface area (Å²) in [6.45, 7) is 1.04. The minimum atomic E-state index is -4.03. The average molecular weight is 311 g/mol. The van der Waals surface area contributed by atoms with Gasteiger partial charge in [0.2, 0.25) is 11.8 Å². The smallest absolute Gasteiger partial charge is 0.295 e. The van der Waals surface area contributed by atoms with Crippen LogP contribution in [0.5, 0.6) is 0 Å². The van der Waals surface area contributed by atoms with E-state index in [1.54, 1.807) is 17.0 Å². The molecule has 9 heteroatoms. The first-order valence-corrected chi connectivity index (χ1v) is 7.47. The Bertz CT molecular complexity index is 680. The molecular weight excluding hydrogens is 298 g/mol. The van der Waals surface area contributed by atoms with Crippen molar-refractivity contribution in [3.63, 3.8) is 0 Å². The van der Waals surface area contributed by atoms with Crippen LogP contribution in [0.2, 0.25) is 0 Å². The molecule has 2 rings (SSSR count). The van der Waals surface area contributed by atoms with Crippen molar-refractivity contribution in [2.24, 2.45) is 0 Å². The highest BCUT2D eigenvalue weighted by molar-refractivity contribution is 8.07. The van der Waals surface area contributed by atoms with Crippen molar-refractivity contribution in [1.82, 2.24) is 5.32 Å². The van der Waals surface area contributed by atoms with Crippen LogP contribution in [0.3, 0.4) is 0 Å². The van der Waals surface area contributed by atoms with Gasteiger partial charge < -0.3 is 4.90 Å². The first kappa shape index (κ1) is 15.0. The van der Waals surface area contributed by atoms with Crippen molar-refractivity contribution >= 4 is 38.3 Å². The molecule has 112 valence electrons. The van der Waals surface area contributed by atoms with Crippen LogP contribution in [0, 0.1) is 0 Å². The van der Waals surface area contributed by atoms with E-state index < -0.39 is 27.0 Å². The molecule has 1 aliphatic heterocycles. The zero-order chi connectivity index (χ0) is 15.6. The van der Waals surface area contributed by atoms with Crippen molar-refractivity contribution in [3.05, 3.63) is 24.3 Å². The van der Waals surface area contributed by atoms with Gasteiger partial charge in [-0.25, -0.2) is 0 Å². The zero-order valence-electron chi connectivity index (χ0n) is 11.1. The monoisotopic (exact) mass is 311 g/mol. The number of carbonyl (C=O) groups excluding carboxylic acids is 3. The minimum Gasteiger partial charge on any atom is -0.353 e. The highest BCUT2D eigenvalue weighted by Gasteiger charge is 2.22. The molecule has 21 heavy (non-hydrogen) atoms. The third-order valence-corrected chi connectivity index (χ3v) is 4.07. The average Bonchev–Trinajstić information content (AvgIpc) is 2.37. The maximum atomic E-state index is 11.4. The molecule has 0 radical (unpaired) electrons. The summed E-state index contributed by atoms with van der Waals surface area (Å²) in [4.78, 5) is 35.0. The van der Waals surface area contributed by atoms with E-state index in [0.717, 1.165) is 6.92 Å². The summed E-state index contributed by atoms with van der Waals surface area (Å²) >= 11 is 0. The van der Waals surface area contributed by atoms with Gasteiger partial charge in [0, 0.05) is 18.3 Å². The van der Waals surface area contributed by atoms with Gasteiger partial charge in [-0.1, -0.05) is 0 Å². The Balaban J connectivity index is 2.14. The van der Waals surface area contributed by atoms with Gasteiger partial charge in [-0.05, 0) is 24.3 Å². The molecule has 0 unspecified atom stereocenters. The van der Waals surface area contributed by atoms with Gasteiger partial charge in [0.1, 0.15) is 0 Å². The number of carbonyl (C=O) groups is 3. The standard InChI is InChI=1S/C12H13N3O5S/c1-8(16)21(19,20)14-9-2-4-10(5-3-9)15-6-11(17)13-12(18)7-15/h2-5,14H,6-7H2,1H3,(H,13,17,18). The molecule has 0 aromatic heterocycles. The van der Waals surface area contributed by atoms with Crippen LogP contribution in [0.25, 0.3) is 0 Å². The molecule has 1 saturated heterocycles. The van der Waals surface area contributed by atoms with E-state index >= 15 is 0 Å². The molecule has 0 saturated carbocycles. The summed E-state index contributed by atoms with van der Waals surface area (Å²) in [6.07, 6.45) is 0. The largest absolute Gasteiger partial charge is 0.353 e. The van der Waals surface area contributed by atoms with Gasteiger partial charge in [-0.15, -0.1) is 0 Å². The van der Waals surface area contributed by atoms with Gasteiger partial charge in [-0.2, -0.15) is 8.42 Å². The Labute approximate surface area is 121 Å². The number of imide groups is 1. The van der Waals surface area contributed by atoms with E-state index in [-0.39, 0.29) is 18.8 Å². The maximum absolute atomic E-state index is 11.4. The molecular formula is C12H13N3O5S. The van der Waals surface area contributed by atoms with E-state index in [9.17, 15) is 22.8 Å². The summed E-state index contributed by atoms with van der Waals surface area (Å²) in [7, 11) is -4.03. The van der Waals surface area contributed by atoms with E-state index in [0.29, 0.717) is 5.69 Å². The molecule has 2 N–H and O–H groups in total. The van der Waals surface area contributed by atoms with Crippen LogP contribution in [-0.2, 0) is 24.4 Å². The van der Waals surface area contributed by atoms with Crippen molar-refractivity contribution < 1.29 is 22.8 Å². The summed E-state index contributed by atoms with van der Waals surface area (Å²) in [5.41, 5.74) is 0.825. The molecule has 0 atom stereocenters. The third-order valence-electron chi connectivity index (χ3n) is 2.81. The Morgan fingerprint density at radius 3 is 2.14 bits per heavy atom. The van der Waals surface area contributed by atoms with Crippen LogP contribution in [-0.4, -0.2) is 38.4 Å². The predicted molar refractivity (Wildman–Crippen MR) is 75.0 cm³/mol. The van der Waals surface area contributed by atoms with Gasteiger partial charge in [0.25, 0.3) is 15.1 Å². The number of nitrogens with one attached hydrogen (secondary N) is 2. The normalized spacial score (nSPS) is 15.6. The number of sulfonamides is 1. The Hall–Kier alpha value is -2.42. The number of rotatable bonds is 3. The highest BCUT2D eigenvalue weighted by atomic mass is 32.2. The second kappa shape index (κ2) is 5.52. The van der Waals surface area contributed by atoms with Gasteiger partial charge in [0.15, 0.2) is 0 Å². The van der Waals surface area contributed by atoms with Gasteiger partial charge in [0.05, 0.1) is 13.1 Å². The first-order chi connectivity index (χ1) is 9.78. The summed E-state index contributed by atoms with van der Waals surface area (Å²) in [6, 6.07) is 6.02. The number of piperazine rings is 1. The lowest BCUT2D eigenvalue weighted by Crippen LogP contribution is -2.51. The van der Waals surface area contributed by atoms with E-state index in [2.05, 4.69) is 10.0 Å². The van der Waals surface area contributed by atoms with Crippen LogP contribution in [0.15, 0.2) is 24.3 Å². The molecule has 0 spiro atoms. The van der Waals surface area contributed by atoms with Crippen LogP contribution in [0.4, 0.5) is 11.4 Å². The molecule has 2 amide bonds. The number of benzene rings is 1. The molecule has 0 aliphatic carbocycles.